The van der Waals surface area contributed by atoms with Crippen molar-refractivity contribution in [1.29, 1.82) is 0 Å². The maximum atomic E-state index is 11.7. The molecule has 7 nitrogen and oxygen atoms in total. The molecule has 0 heterocycles. The molecule has 0 aromatic heterocycles. The van der Waals surface area contributed by atoms with Crippen LogP contribution in [0, 0.1) is 10.1 Å². The number of hydrogen-bond donors (Lipinski definition) is 0. The summed E-state index contributed by atoms with van der Waals surface area (Å²) in [5.74, 6) is -0.0405. The maximum absolute atomic E-state index is 11.7. The molecule has 21 heavy (non-hydrogen) atoms. The molecule has 0 spiro atoms. The van der Waals surface area contributed by atoms with Crippen molar-refractivity contribution >= 4 is 11.7 Å². The lowest BCUT2D eigenvalue weighted by molar-refractivity contribution is -0.385. The van der Waals surface area contributed by atoms with Crippen LogP contribution in [0.4, 0.5) is 5.69 Å². The van der Waals surface area contributed by atoms with Gasteiger partial charge in [-0.2, -0.15) is 0 Å². The van der Waals surface area contributed by atoms with Crippen molar-refractivity contribution < 1.29 is 23.9 Å². The van der Waals surface area contributed by atoms with E-state index in [-0.39, 0.29) is 11.4 Å². The van der Waals surface area contributed by atoms with Crippen LogP contribution in [-0.2, 0) is 9.53 Å². The van der Waals surface area contributed by atoms with Crippen molar-refractivity contribution in [2.24, 2.45) is 0 Å². The minimum absolute atomic E-state index is 0.134. The average Bonchev–Trinajstić information content (AvgIpc) is 2.50. The minimum atomic E-state index is -0.814. The van der Waals surface area contributed by atoms with Gasteiger partial charge in [-0.05, 0) is 18.9 Å². The van der Waals surface area contributed by atoms with Crippen molar-refractivity contribution in [3.05, 3.63) is 28.3 Å². The van der Waals surface area contributed by atoms with Gasteiger partial charge in [0.05, 0.1) is 25.2 Å². The Hall–Kier alpha value is -2.31. The molecule has 0 radical (unpaired) electrons. The maximum Gasteiger partial charge on any atom is 0.347 e. The number of nitrogens with zero attached hydrogens (tertiary/aromatic N) is 1. The van der Waals surface area contributed by atoms with Gasteiger partial charge in [0.2, 0.25) is 0 Å². The molecule has 1 unspecified atom stereocenters. The second-order valence-corrected chi connectivity index (χ2v) is 4.36. The number of carbonyl (C=O) groups is 1. The number of unbranched alkanes of at least 4 members (excludes halogenated alkanes) is 1. The normalized spacial score (nSPS) is 11.6. The van der Waals surface area contributed by atoms with E-state index in [9.17, 15) is 14.9 Å². The molecule has 116 valence electrons. The topological polar surface area (TPSA) is 87.9 Å². The summed E-state index contributed by atoms with van der Waals surface area (Å²) in [6.45, 7) is 1.99. The van der Waals surface area contributed by atoms with Crippen LogP contribution < -0.4 is 9.47 Å². The molecule has 1 atom stereocenters. The van der Waals surface area contributed by atoms with Crippen LogP contribution in [0.2, 0.25) is 0 Å². The lowest BCUT2D eigenvalue weighted by Gasteiger charge is -2.18. The van der Waals surface area contributed by atoms with Gasteiger partial charge >= 0.3 is 5.97 Å². The smallest absolute Gasteiger partial charge is 0.347 e. The Morgan fingerprint density at radius 2 is 2.05 bits per heavy atom. The molecule has 1 rings (SSSR count). The summed E-state index contributed by atoms with van der Waals surface area (Å²) in [5.41, 5.74) is -0.134. The largest absolute Gasteiger partial charge is 0.493 e. The van der Waals surface area contributed by atoms with Gasteiger partial charge in [-0.3, -0.25) is 10.1 Å². The van der Waals surface area contributed by atoms with Crippen molar-refractivity contribution in [2.75, 3.05) is 14.2 Å². The second-order valence-electron chi connectivity index (χ2n) is 4.36. The van der Waals surface area contributed by atoms with E-state index in [4.69, 9.17) is 14.2 Å². The van der Waals surface area contributed by atoms with Crippen LogP contribution >= 0.6 is 0 Å². The number of ether oxygens (including phenoxy) is 3. The van der Waals surface area contributed by atoms with Gasteiger partial charge in [-0.1, -0.05) is 13.3 Å². The van der Waals surface area contributed by atoms with Gasteiger partial charge in [0.25, 0.3) is 5.69 Å². The van der Waals surface area contributed by atoms with E-state index in [1.54, 1.807) is 0 Å². The number of benzene rings is 1. The van der Waals surface area contributed by atoms with Crippen LogP contribution in [0.3, 0.4) is 0 Å². The zero-order valence-corrected chi connectivity index (χ0v) is 12.3. The van der Waals surface area contributed by atoms with E-state index < -0.39 is 17.0 Å². The van der Waals surface area contributed by atoms with Crippen molar-refractivity contribution in [3.63, 3.8) is 0 Å². The fourth-order valence-corrected chi connectivity index (χ4v) is 1.77. The third kappa shape index (κ3) is 4.62. The molecule has 0 aliphatic rings. The first-order valence-corrected chi connectivity index (χ1v) is 6.60. The molecule has 0 aliphatic heterocycles. The molecule has 0 bridgehead atoms. The van der Waals surface area contributed by atoms with Gasteiger partial charge < -0.3 is 14.2 Å². The SMILES string of the molecule is CCCCC(Oc1cc([N+](=O)[O-])ccc1OC)C(=O)OC. The van der Waals surface area contributed by atoms with Crippen LogP contribution in [0.5, 0.6) is 11.5 Å². The van der Waals surface area contributed by atoms with Crippen LogP contribution in [0.25, 0.3) is 0 Å². The number of carbonyl (C=O) groups excluding carboxylic acids is 1. The third-order valence-electron chi connectivity index (χ3n) is 2.91. The Morgan fingerprint density at radius 1 is 1.33 bits per heavy atom. The third-order valence-corrected chi connectivity index (χ3v) is 2.91. The summed E-state index contributed by atoms with van der Waals surface area (Å²) in [7, 11) is 2.70. The van der Waals surface area contributed by atoms with E-state index in [0.29, 0.717) is 12.2 Å². The van der Waals surface area contributed by atoms with Crippen molar-refractivity contribution in [2.45, 2.75) is 32.3 Å². The van der Waals surface area contributed by atoms with E-state index >= 15 is 0 Å². The predicted octanol–water partition coefficient (Wildman–Crippen LogP) is 2.71. The van der Waals surface area contributed by atoms with E-state index in [1.165, 1.54) is 32.4 Å². The van der Waals surface area contributed by atoms with Gasteiger partial charge in [-0.25, -0.2) is 4.79 Å². The summed E-state index contributed by atoms with van der Waals surface area (Å²) >= 11 is 0. The summed E-state index contributed by atoms with van der Waals surface area (Å²) in [6, 6.07) is 3.98. The lowest BCUT2D eigenvalue weighted by atomic mass is 10.1. The van der Waals surface area contributed by atoms with E-state index in [2.05, 4.69) is 0 Å². The monoisotopic (exact) mass is 297 g/mol. The van der Waals surface area contributed by atoms with E-state index in [0.717, 1.165) is 12.8 Å². The zero-order chi connectivity index (χ0) is 15.8. The molecule has 0 saturated carbocycles. The van der Waals surface area contributed by atoms with Gasteiger partial charge in [0, 0.05) is 6.07 Å². The number of hydrogen-bond acceptors (Lipinski definition) is 6. The Labute approximate surface area is 123 Å². The predicted molar refractivity (Wildman–Crippen MR) is 75.6 cm³/mol. The molecule has 1 aromatic rings. The number of non-ortho nitro benzene ring substituents is 1. The van der Waals surface area contributed by atoms with Gasteiger partial charge in [0.15, 0.2) is 17.6 Å². The zero-order valence-electron chi connectivity index (χ0n) is 12.3. The first-order chi connectivity index (χ1) is 10.0. The van der Waals surface area contributed by atoms with Gasteiger partial charge in [-0.15, -0.1) is 0 Å². The molecule has 7 heteroatoms. The van der Waals surface area contributed by atoms with Crippen LogP contribution in [0.15, 0.2) is 18.2 Å². The minimum Gasteiger partial charge on any atom is -0.493 e. The summed E-state index contributed by atoms with van der Waals surface area (Å²) < 4.78 is 15.4. The highest BCUT2D eigenvalue weighted by molar-refractivity contribution is 5.75. The van der Waals surface area contributed by atoms with E-state index in [1.807, 2.05) is 6.92 Å². The highest BCUT2D eigenvalue weighted by atomic mass is 16.6. The summed E-state index contributed by atoms with van der Waals surface area (Å²) in [5, 5.41) is 10.8. The van der Waals surface area contributed by atoms with Crippen LogP contribution in [-0.4, -0.2) is 31.2 Å². The Kier molecular flexibility index (Phi) is 6.45. The Balaban J connectivity index is 3.02. The molecule has 0 fully saturated rings. The fraction of sp³-hybridized carbons (Fsp3) is 0.500. The molecule has 0 N–H and O–H groups in total. The second kappa shape index (κ2) is 8.08. The van der Waals surface area contributed by atoms with Crippen LogP contribution in [0.1, 0.15) is 26.2 Å². The highest BCUT2D eigenvalue weighted by Crippen LogP contribution is 2.32. The number of nitro benzene ring substituents is 1. The fourth-order valence-electron chi connectivity index (χ4n) is 1.77. The number of esters is 1. The average molecular weight is 297 g/mol. The molecular weight excluding hydrogens is 278 g/mol. The van der Waals surface area contributed by atoms with Crippen molar-refractivity contribution in [3.8, 4) is 11.5 Å². The highest BCUT2D eigenvalue weighted by Gasteiger charge is 2.23. The lowest BCUT2D eigenvalue weighted by Crippen LogP contribution is -2.28. The number of methoxy groups -OCH3 is 2. The standard InChI is InChI=1S/C14H19NO6/c1-4-5-6-12(14(16)20-3)21-13-9-10(15(17)18)7-8-11(13)19-2/h7-9,12H,4-6H2,1-3H3. The Morgan fingerprint density at radius 3 is 2.57 bits per heavy atom. The molecule has 1 aromatic carbocycles. The number of rotatable bonds is 8. The first-order valence-electron chi connectivity index (χ1n) is 6.60. The van der Waals surface area contributed by atoms with Gasteiger partial charge in [0.1, 0.15) is 0 Å². The molecular formula is C14H19NO6. The summed E-state index contributed by atoms with van der Waals surface area (Å²) in [6.07, 6.45) is 1.32. The first kappa shape index (κ1) is 16.7. The quantitative estimate of drug-likeness (QED) is 0.416. The molecule has 0 aliphatic carbocycles. The molecule has 0 saturated heterocycles. The molecule has 0 amide bonds. The summed E-state index contributed by atoms with van der Waals surface area (Å²) in [4.78, 5) is 22.0. The van der Waals surface area contributed by atoms with Crippen molar-refractivity contribution in [1.82, 2.24) is 0 Å². The Bertz CT molecular complexity index is 502. The number of nitro groups is 1.